The van der Waals surface area contributed by atoms with Gasteiger partial charge in [0.2, 0.25) is 0 Å². The molecular weight excluding hydrogens is 286 g/mol. The highest BCUT2D eigenvalue weighted by Gasteiger charge is 2.12. The summed E-state index contributed by atoms with van der Waals surface area (Å²) in [7, 11) is 3.28. The van der Waals surface area contributed by atoms with Crippen molar-refractivity contribution in [1.29, 1.82) is 0 Å². The zero-order valence-corrected chi connectivity index (χ0v) is 13.7. The first kappa shape index (κ1) is 15.7. The van der Waals surface area contributed by atoms with E-state index in [1.54, 1.807) is 25.6 Å². The summed E-state index contributed by atoms with van der Waals surface area (Å²) in [6.07, 6.45) is 0.747. The van der Waals surface area contributed by atoms with Gasteiger partial charge in [0.1, 0.15) is 10.0 Å². The van der Waals surface area contributed by atoms with Crippen LogP contribution in [0.3, 0.4) is 0 Å². The summed E-state index contributed by atoms with van der Waals surface area (Å²) in [5.41, 5.74) is 1.13. The number of rotatable bonds is 7. The van der Waals surface area contributed by atoms with Crippen LogP contribution in [0.2, 0.25) is 0 Å². The first-order valence-electron chi connectivity index (χ1n) is 6.94. The lowest BCUT2D eigenvalue weighted by molar-refractivity contribution is 0.354. The van der Waals surface area contributed by atoms with Crippen molar-refractivity contribution in [2.24, 2.45) is 0 Å². The Balaban J connectivity index is 2.11. The monoisotopic (exact) mass is 307 g/mol. The van der Waals surface area contributed by atoms with Crippen LogP contribution in [0.4, 0.5) is 0 Å². The largest absolute Gasteiger partial charge is 0.493 e. The minimum Gasteiger partial charge on any atom is -0.493 e. The van der Waals surface area contributed by atoms with E-state index >= 15 is 0 Å². The van der Waals surface area contributed by atoms with E-state index in [9.17, 15) is 0 Å². The molecule has 1 N–H and O–H groups in total. The molecule has 114 valence electrons. The second kappa shape index (κ2) is 7.38. The van der Waals surface area contributed by atoms with Crippen molar-refractivity contribution in [3.8, 4) is 11.5 Å². The van der Waals surface area contributed by atoms with Crippen molar-refractivity contribution < 1.29 is 9.47 Å². The van der Waals surface area contributed by atoms with E-state index in [1.807, 2.05) is 18.2 Å². The molecular formula is C15H21N3O2S. The highest BCUT2D eigenvalue weighted by molar-refractivity contribution is 7.11. The highest BCUT2D eigenvalue weighted by atomic mass is 32.1. The van der Waals surface area contributed by atoms with Crippen LogP contribution in [0.1, 0.15) is 35.5 Å². The number of benzene rings is 1. The minimum absolute atomic E-state index is 0.242. The Morgan fingerprint density at radius 3 is 2.62 bits per heavy atom. The maximum Gasteiger partial charge on any atom is 0.160 e. The third kappa shape index (κ3) is 3.92. The fourth-order valence-corrected chi connectivity index (χ4v) is 2.98. The number of aromatic nitrogens is 2. The first-order chi connectivity index (χ1) is 10.2. The maximum atomic E-state index is 5.32. The van der Waals surface area contributed by atoms with Crippen molar-refractivity contribution in [2.75, 3.05) is 20.8 Å². The lowest BCUT2D eigenvalue weighted by Gasteiger charge is -2.08. The lowest BCUT2D eigenvalue weighted by Crippen LogP contribution is -2.17. The molecule has 0 fully saturated rings. The summed E-state index contributed by atoms with van der Waals surface area (Å²) >= 11 is 1.64. The smallest absolute Gasteiger partial charge is 0.160 e. The molecule has 1 aromatic heterocycles. The zero-order valence-electron chi connectivity index (χ0n) is 12.8. The fraction of sp³-hybridized carbons (Fsp3) is 0.467. The summed E-state index contributed by atoms with van der Waals surface area (Å²) in [6, 6.07) is 6.16. The first-order valence-corrected chi connectivity index (χ1v) is 7.76. The molecule has 0 saturated heterocycles. The predicted octanol–water partition coefficient (Wildman–Crippen LogP) is 2.82. The standard InChI is InChI=1S/C15H21N3O2S/c1-5-16-10(2)15-18-17-14(21-15)9-11-6-7-12(19-3)13(8-11)20-4/h6-8,10,16H,5,9H2,1-4H3. The Hall–Kier alpha value is -1.66. The normalized spacial score (nSPS) is 12.2. The van der Waals surface area contributed by atoms with Gasteiger partial charge in [-0.3, -0.25) is 0 Å². The Morgan fingerprint density at radius 2 is 1.95 bits per heavy atom. The third-order valence-electron chi connectivity index (χ3n) is 3.17. The SMILES string of the molecule is CCNC(C)c1nnc(Cc2ccc(OC)c(OC)c2)s1. The van der Waals surface area contributed by atoms with Crippen LogP contribution in [0.15, 0.2) is 18.2 Å². The zero-order chi connectivity index (χ0) is 15.2. The Bertz CT molecular complexity index is 586. The number of nitrogens with one attached hydrogen (secondary N) is 1. The summed E-state index contributed by atoms with van der Waals surface area (Å²) in [5.74, 6) is 1.47. The minimum atomic E-state index is 0.242. The number of hydrogen-bond acceptors (Lipinski definition) is 6. The van der Waals surface area contributed by atoms with Gasteiger partial charge in [-0.05, 0) is 31.2 Å². The highest BCUT2D eigenvalue weighted by Crippen LogP contribution is 2.29. The molecule has 2 aromatic rings. The number of nitrogens with zero attached hydrogens (tertiary/aromatic N) is 2. The van der Waals surface area contributed by atoms with E-state index in [2.05, 4.69) is 29.4 Å². The van der Waals surface area contributed by atoms with E-state index in [1.165, 1.54) is 0 Å². The van der Waals surface area contributed by atoms with Crippen LogP contribution in [-0.2, 0) is 6.42 Å². The van der Waals surface area contributed by atoms with Crippen LogP contribution >= 0.6 is 11.3 Å². The average Bonchev–Trinajstić information content (AvgIpc) is 2.96. The number of hydrogen-bond donors (Lipinski definition) is 1. The number of methoxy groups -OCH3 is 2. The molecule has 1 unspecified atom stereocenters. The van der Waals surface area contributed by atoms with Gasteiger partial charge in [0, 0.05) is 6.42 Å². The lowest BCUT2D eigenvalue weighted by atomic mass is 10.1. The van der Waals surface area contributed by atoms with Gasteiger partial charge in [0.25, 0.3) is 0 Å². The predicted molar refractivity (Wildman–Crippen MR) is 84.4 cm³/mol. The van der Waals surface area contributed by atoms with Gasteiger partial charge in [0.15, 0.2) is 11.5 Å². The molecule has 0 radical (unpaired) electrons. The average molecular weight is 307 g/mol. The van der Waals surface area contributed by atoms with Crippen LogP contribution in [0.25, 0.3) is 0 Å². The van der Waals surface area contributed by atoms with Gasteiger partial charge in [0.05, 0.1) is 20.3 Å². The Labute approximate surface area is 129 Å². The van der Waals surface area contributed by atoms with Crippen molar-refractivity contribution in [3.05, 3.63) is 33.8 Å². The van der Waals surface area contributed by atoms with E-state index in [0.29, 0.717) is 0 Å². The molecule has 0 aliphatic carbocycles. The summed E-state index contributed by atoms with van der Waals surface area (Å²) in [4.78, 5) is 0. The van der Waals surface area contributed by atoms with Gasteiger partial charge in [-0.15, -0.1) is 10.2 Å². The second-order valence-corrected chi connectivity index (χ2v) is 5.77. The molecule has 0 saturated carbocycles. The maximum absolute atomic E-state index is 5.32. The van der Waals surface area contributed by atoms with E-state index in [0.717, 1.165) is 40.0 Å². The van der Waals surface area contributed by atoms with Crippen molar-refractivity contribution in [2.45, 2.75) is 26.3 Å². The molecule has 2 rings (SSSR count). The van der Waals surface area contributed by atoms with Gasteiger partial charge < -0.3 is 14.8 Å². The molecule has 0 bridgehead atoms. The molecule has 1 aromatic carbocycles. The molecule has 1 atom stereocenters. The Morgan fingerprint density at radius 1 is 1.19 bits per heavy atom. The summed E-state index contributed by atoms with van der Waals surface area (Å²) in [5, 5.41) is 13.9. The van der Waals surface area contributed by atoms with Crippen molar-refractivity contribution in [1.82, 2.24) is 15.5 Å². The van der Waals surface area contributed by atoms with Crippen LogP contribution < -0.4 is 14.8 Å². The molecule has 0 aliphatic heterocycles. The molecule has 0 spiro atoms. The Kier molecular flexibility index (Phi) is 5.52. The van der Waals surface area contributed by atoms with Gasteiger partial charge in [-0.1, -0.05) is 24.3 Å². The molecule has 21 heavy (non-hydrogen) atoms. The van der Waals surface area contributed by atoms with Gasteiger partial charge in [-0.25, -0.2) is 0 Å². The molecule has 0 aliphatic rings. The van der Waals surface area contributed by atoms with Crippen LogP contribution in [0.5, 0.6) is 11.5 Å². The second-order valence-electron chi connectivity index (χ2n) is 4.68. The topological polar surface area (TPSA) is 56.3 Å². The van der Waals surface area contributed by atoms with E-state index in [-0.39, 0.29) is 6.04 Å². The summed E-state index contributed by atoms with van der Waals surface area (Å²) < 4.78 is 10.6. The fourth-order valence-electron chi connectivity index (χ4n) is 2.07. The quantitative estimate of drug-likeness (QED) is 0.852. The van der Waals surface area contributed by atoms with Crippen molar-refractivity contribution >= 4 is 11.3 Å². The van der Waals surface area contributed by atoms with E-state index < -0.39 is 0 Å². The molecule has 6 heteroatoms. The van der Waals surface area contributed by atoms with Crippen LogP contribution in [-0.4, -0.2) is 31.0 Å². The van der Waals surface area contributed by atoms with Crippen LogP contribution in [0, 0.1) is 0 Å². The molecule has 1 heterocycles. The van der Waals surface area contributed by atoms with E-state index in [4.69, 9.17) is 9.47 Å². The number of ether oxygens (including phenoxy) is 2. The third-order valence-corrected chi connectivity index (χ3v) is 4.27. The van der Waals surface area contributed by atoms with Crippen molar-refractivity contribution in [3.63, 3.8) is 0 Å². The van der Waals surface area contributed by atoms with Gasteiger partial charge >= 0.3 is 0 Å². The molecule has 0 amide bonds. The van der Waals surface area contributed by atoms with Gasteiger partial charge in [-0.2, -0.15) is 0 Å². The summed E-state index contributed by atoms with van der Waals surface area (Å²) in [6.45, 7) is 5.11. The molecule has 5 nitrogen and oxygen atoms in total.